The van der Waals surface area contributed by atoms with Crippen molar-refractivity contribution in [2.24, 2.45) is 5.41 Å². The number of methoxy groups -OCH3 is 1. The van der Waals surface area contributed by atoms with Gasteiger partial charge in [-0.3, -0.25) is 0 Å². The minimum atomic E-state index is 0.340. The molecule has 0 saturated carbocycles. The van der Waals surface area contributed by atoms with Crippen molar-refractivity contribution in [3.05, 3.63) is 20.8 Å². The molecule has 2 nitrogen and oxygen atoms in total. The average Bonchev–Trinajstić information content (AvgIpc) is 2.70. The Balaban J connectivity index is 2.50. The zero-order valence-electron chi connectivity index (χ0n) is 11.6. The molecule has 1 rings (SSSR count). The van der Waals surface area contributed by atoms with Gasteiger partial charge in [0.2, 0.25) is 0 Å². The molecule has 1 aromatic heterocycles. The van der Waals surface area contributed by atoms with E-state index in [1.807, 2.05) is 11.3 Å². The van der Waals surface area contributed by atoms with Crippen LogP contribution < -0.4 is 5.32 Å². The van der Waals surface area contributed by atoms with Crippen LogP contribution >= 0.6 is 27.3 Å². The summed E-state index contributed by atoms with van der Waals surface area (Å²) in [6, 6.07) is 2.24. The van der Waals surface area contributed by atoms with Crippen molar-refractivity contribution in [3.63, 3.8) is 0 Å². The Morgan fingerprint density at radius 3 is 2.83 bits per heavy atom. The number of ether oxygens (including phenoxy) is 1. The maximum absolute atomic E-state index is 5.07. The zero-order chi connectivity index (χ0) is 13.4. The summed E-state index contributed by atoms with van der Waals surface area (Å²) in [4.78, 5) is 1.46. The molecule has 18 heavy (non-hydrogen) atoms. The predicted molar refractivity (Wildman–Crippen MR) is 83.5 cm³/mol. The maximum Gasteiger partial charge on any atom is 0.0587 e. The largest absolute Gasteiger partial charge is 0.383 e. The van der Waals surface area contributed by atoms with E-state index in [0.717, 1.165) is 26.1 Å². The van der Waals surface area contributed by atoms with Crippen LogP contribution in [0.1, 0.15) is 31.6 Å². The van der Waals surface area contributed by atoms with Gasteiger partial charge in [0.05, 0.1) is 6.61 Å². The van der Waals surface area contributed by atoms with Gasteiger partial charge in [-0.1, -0.05) is 20.3 Å². The SMILES string of the molecule is CCCC(C)(CNCCOC)Cc1cc(Br)cs1. The Morgan fingerprint density at radius 2 is 2.28 bits per heavy atom. The molecule has 4 heteroatoms. The smallest absolute Gasteiger partial charge is 0.0587 e. The van der Waals surface area contributed by atoms with Gasteiger partial charge < -0.3 is 10.1 Å². The molecule has 1 unspecified atom stereocenters. The van der Waals surface area contributed by atoms with Gasteiger partial charge in [-0.25, -0.2) is 0 Å². The molecule has 0 fully saturated rings. The van der Waals surface area contributed by atoms with Crippen LogP contribution in [-0.4, -0.2) is 26.8 Å². The molecule has 1 atom stereocenters. The number of hydrogen-bond acceptors (Lipinski definition) is 3. The lowest BCUT2D eigenvalue weighted by Gasteiger charge is -2.29. The van der Waals surface area contributed by atoms with Crippen molar-refractivity contribution in [2.75, 3.05) is 26.8 Å². The van der Waals surface area contributed by atoms with Gasteiger partial charge in [-0.2, -0.15) is 0 Å². The van der Waals surface area contributed by atoms with E-state index in [9.17, 15) is 0 Å². The Hall–Kier alpha value is 0.1000. The Morgan fingerprint density at radius 1 is 1.50 bits per heavy atom. The summed E-state index contributed by atoms with van der Waals surface area (Å²) in [6.07, 6.45) is 3.63. The second kappa shape index (κ2) is 8.31. The second-order valence-electron chi connectivity index (χ2n) is 5.14. The van der Waals surface area contributed by atoms with Gasteiger partial charge in [0.15, 0.2) is 0 Å². The van der Waals surface area contributed by atoms with E-state index in [4.69, 9.17) is 4.74 Å². The van der Waals surface area contributed by atoms with Crippen molar-refractivity contribution in [2.45, 2.75) is 33.1 Å². The van der Waals surface area contributed by atoms with E-state index in [0.29, 0.717) is 5.41 Å². The molecule has 104 valence electrons. The first kappa shape index (κ1) is 16.2. The lowest BCUT2D eigenvalue weighted by Crippen LogP contribution is -2.35. The molecule has 0 saturated heterocycles. The number of hydrogen-bond donors (Lipinski definition) is 1. The molecule has 0 spiro atoms. The minimum absolute atomic E-state index is 0.340. The van der Waals surface area contributed by atoms with Crippen LogP contribution in [0.5, 0.6) is 0 Å². The fourth-order valence-corrected chi connectivity index (χ4v) is 3.94. The van der Waals surface area contributed by atoms with Crippen molar-refractivity contribution in [1.29, 1.82) is 0 Å². The standard InChI is InChI=1S/C14H24BrNOS/c1-4-5-14(2,11-16-6-7-17-3)9-13-8-12(15)10-18-13/h8,10,16H,4-7,9,11H2,1-3H3. The van der Waals surface area contributed by atoms with Crippen LogP contribution in [0.2, 0.25) is 0 Å². The van der Waals surface area contributed by atoms with E-state index < -0.39 is 0 Å². The summed E-state index contributed by atoms with van der Waals surface area (Å²) in [6.45, 7) is 7.41. The molecule has 0 radical (unpaired) electrons. The lowest BCUT2D eigenvalue weighted by atomic mass is 9.81. The third kappa shape index (κ3) is 5.83. The van der Waals surface area contributed by atoms with E-state index >= 15 is 0 Å². The first-order valence-corrected chi connectivity index (χ1v) is 8.19. The predicted octanol–water partition coefficient (Wildman–Crippen LogP) is 4.10. The summed E-state index contributed by atoms with van der Waals surface area (Å²) < 4.78 is 6.27. The summed E-state index contributed by atoms with van der Waals surface area (Å²) in [7, 11) is 1.75. The molecule has 0 amide bonds. The summed E-state index contributed by atoms with van der Waals surface area (Å²) in [5, 5.41) is 5.67. The van der Waals surface area contributed by atoms with Crippen molar-refractivity contribution in [1.82, 2.24) is 5.32 Å². The molecule has 1 aromatic rings. The molecule has 0 aromatic carbocycles. The Labute approximate surface area is 123 Å². The fraction of sp³-hybridized carbons (Fsp3) is 0.714. The van der Waals surface area contributed by atoms with Crippen LogP contribution in [0, 0.1) is 5.41 Å². The highest BCUT2D eigenvalue weighted by Gasteiger charge is 2.24. The van der Waals surface area contributed by atoms with E-state index in [2.05, 4.69) is 46.5 Å². The third-order valence-electron chi connectivity index (χ3n) is 3.11. The number of nitrogens with one attached hydrogen (secondary N) is 1. The number of halogens is 1. The molecule has 0 bridgehead atoms. The molecule has 1 N–H and O–H groups in total. The van der Waals surface area contributed by atoms with Crippen LogP contribution in [0.25, 0.3) is 0 Å². The third-order valence-corrected chi connectivity index (χ3v) is 4.81. The summed E-state index contributed by atoms with van der Waals surface area (Å²) in [5.74, 6) is 0. The van der Waals surface area contributed by atoms with Crippen molar-refractivity contribution >= 4 is 27.3 Å². The molecule has 0 aliphatic carbocycles. The molecule has 0 aliphatic heterocycles. The quantitative estimate of drug-likeness (QED) is 0.687. The van der Waals surface area contributed by atoms with E-state index in [1.54, 1.807) is 7.11 Å². The molecule has 0 aliphatic rings. The Bertz CT molecular complexity index is 342. The number of rotatable bonds is 9. The van der Waals surface area contributed by atoms with E-state index in [1.165, 1.54) is 22.2 Å². The van der Waals surface area contributed by atoms with Crippen LogP contribution in [-0.2, 0) is 11.2 Å². The molecule has 1 heterocycles. The normalized spacial score (nSPS) is 14.7. The lowest BCUT2D eigenvalue weighted by molar-refractivity contribution is 0.190. The highest BCUT2D eigenvalue weighted by molar-refractivity contribution is 9.10. The van der Waals surface area contributed by atoms with Crippen LogP contribution in [0.15, 0.2) is 15.9 Å². The fourth-order valence-electron chi connectivity index (χ4n) is 2.27. The van der Waals surface area contributed by atoms with Gasteiger partial charge in [0.25, 0.3) is 0 Å². The maximum atomic E-state index is 5.07. The summed E-state index contributed by atoms with van der Waals surface area (Å²) in [5.41, 5.74) is 0.340. The van der Waals surface area contributed by atoms with Gasteiger partial charge in [-0.05, 0) is 40.3 Å². The molecular formula is C14H24BrNOS. The van der Waals surface area contributed by atoms with Crippen molar-refractivity contribution < 1.29 is 4.74 Å². The minimum Gasteiger partial charge on any atom is -0.383 e. The highest BCUT2D eigenvalue weighted by Crippen LogP contribution is 2.31. The van der Waals surface area contributed by atoms with Crippen LogP contribution in [0.3, 0.4) is 0 Å². The zero-order valence-corrected chi connectivity index (χ0v) is 14.0. The van der Waals surface area contributed by atoms with Gasteiger partial charge in [0, 0.05) is 34.9 Å². The van der Waals surface area contributed by atoms with Gasteiger partial charge in [0.1, 0.15) is 0 Å². The Kier molecular flexibility index (Phi) is 7.46. The van der Waals surface area contributed by atoms with Crippen molar-refractivity contribution in [3.8, 4) is 0 Å². The van der Waals surface area contributed by atoms with Crippen LogP contribution in [0.4, 0.5) is 0 Å². The molecular weight excluding hydrogens is 310 g/mol. The highest BCUT2D eigenvalue weighted by atomic mass is 79.9. The summed E-state index contributed by atoms with van der Waals surface area (Å²) >= 11 is 5.38. The van der Waals surface area contributed by atoms with E-state index in [-0.39, 0.29) is 0 Å². The average molecular weight is 334 g/mol. The monoisotopic (exact) mass is 333 g/mol. The van der Waals surface area contributed by atoms with Gasteiger partial charge in [-0.15, -0.1) is 11.3 Å². The first-order valence-electron chi connectivity index (χ1n) is 6.52. The van der Waals surface area contributed by atoms with Gasteiger partial charge >= 0.3 is 0 Å². The second-order valence-corrected chi connectivity index (χ2v) is 7.05. The topological polar surface area (TPSA) is 21.3 Å². The first-order chi connectivity index (χ1) is 8.59. The number of thiophene rings is 1.